The number of benzene rings is 1. The Bertz CT molecular complexity index is 769. The van der Waals surface area contributed by atoms with Crippen LogP contribution < -0.4 is 4.73 Å². The average Bonchev–Trinajstić information content (AvgIpc) is 3.01. The van der Waals surface area contributed by atoms with Gasteiger partial charge in [0, 0.05) is 17.7 Å². The number of hydrogen-bond acceptors (Lipinski definition) is 4. The minimum Gasteiger partial charge on any atom is -0.618 e. The molecule has 1 heterocycles. The monoisotopic (exact) mass is 311 g/mol. The molecule has 1 aromatic carbocycles. The van der Waals surface area contributed by atoms with Gasteiger partial charge in [0.1, 0.15) is 0 Å². The van der Waals surface area contributed by atoms with E-state index in [-0.39, 0.29) is 11.5 Å². The zero-order chi connectivity index (χ0) is 16.4. The summed E-state index contributed by atoms with van der Waals surface area (Å²) in [5, 5.41) is 11.5. The van der Waals surface area contributed by atoms with Crippen molar-refractivity contribution in [3.63, 3.8) is 0 Å². The van der Waals surface area contributed by atoms with E-state index in [1.165, 1.54) is 36.4 Å². The Morgan fingerprint density at radius 3 is 2.74 bits per heavy atom. The van der Waals surface area contributed by atoms with Crippen molar-refractivity contribution in [1.82, 2.24) is 0 Å². The van der Waals surface area contributed by atoms with Crippen molar-refractivity contribution in [2.45, 2.75) is 32.3 Å². The van der Waals surface area contributed by atoms with Crippen LogP contribution in [0, 0.1) is 5.21 Å². The number of aromatic nitrogens is 1. The summed E-state index contributed by atoms with van der Waals surface area (Å²) in [5.74, 6) is -1.07. The molecule has 0 saturated carbocycles. The van der Waals surface area contributed by atoms with Gasteiger partial charge in [-0.2, -0.15) is 4.73 Å². The number of nitrogens with zero attached hydrogens (tertiary/aromatic N) is 1. The first kappa shape index (κ1) is 15.2. The second kappa shape index (κ2) is 6.20. The zero-order valence-corrected chi connectivity index (χ0v) is 12.8. The Balaban J connectivity index is 1.73. The van der Waals surface area contributed by atoms with E-state index in [4.69, 9.17) is 4.74 Å². The van der Waals surface area contributed by atoms with Crippen LogP contribution in [0.3, 0.4) is 0 Å². The fourth-order valence-corrected chi connectivity index (χ4v) is 2.82. The van der Waals surface area contributed by atoms with Gasteiger partial charge in [0.2, 0.25) is 5.78 Å². The van der Waals surface area contributed by atoms with Crippen molar-refractivity contribution in [1.29, 1.82) is 0 Å². The molecule has 0 radical (unpaired) electrons. The summed E-state index contributed by atoms with van der Waals surface area (Å²) in [7, 11) is 0. The van der Waals surface area contributed by atoms with Crippen LogP contribution in [0.4, 0.5) is 0 Å². The molecular formula is C18H17NO4. The van der Waals surface area contributed by atoms with Crippen LogP contribution >= 0.6 is 0 Å². The van der Waals surface area contributed by atoms with Crippen LogP contribution in [-0.4, -0.2) is 17.9 Å². The molecule has 5 nitrogen and oxygen atoms in total. The third kappa shape index (κ3) is 3.08. The predicted molar refractivity (Wildman–Crippen MR) is 83.1 cm³/mol. The number of Topliss-reactive ketones (excluding diaryl/α,β-unsaturated/α-hetero) is 1. The standard InChI is InChI=1S/C18H17NO4/c1-12(23-18(21)16-7-2-3-10-19(16)22)17(20)15-9-8-13-5-4-6-14(13)11-15/h2-3,7-12H,4-6H2,1H3/t12-/m1/s1. The molecule has 0 spiro atoms. The van der Waals surface area contributed by atoms with Gasteiger partial charge >= 0.3 is 11.7 Å². The molecule has 0 fully saturated rings. The zero-order valence-electron chi connectivity index (χ0n) is 12.8. The summed E-state index contributed by atoms with van der Waals surface area (Å²) in [6.07, 6.45) is 3.40. The molecule has 0 amide bonds. The summed E-state index contributed by atoms with van der Waals surface area (Å²) >= 11 is 0. The topological polar surface area (TPSA) is 70.3 Å². The number of ketones is 1. The van der Waals surface area contributed by atoms with E-state index in [9.17, 15) is 14.8 Å². The first-order valence-corrected chi connectivity index (χ1v) is 7.61. The molecule has 0 saturated heterocycles. The Hall–Kier alpha value is -2.69. The lowest BCUT2D eigenvalue weighted by Crippen LogP contribution is -2.36. The Kier molecular flexibility index (Phi) is 4.10. The number of pyridine rings is 1. The molecule has 0 unspecified atom stereocenters. The van der Waals surface area contributed by atoms with Crippen LogP contribution in [0.1, 0.15) is 45.3 Å². The van der Waals surface area contributed by atoms with Gasteiger partial charge < -0.3 is 9.94 Å². The van der Waals surface area contributed by atoms with Crippen molar-refractivity contribution in [3.8, 4) is 0 Å². The molecular weight excluding hydrogens is 294 g/mol. The number of carbonyl (C=O) groups excluding carboxylic acids is 2. The van der Waals surface area contributed by atoms with Gasteiger partial charge in [0.25, 0.3) is 0 Å². The van der Waals surface area contributed by atoms with Gasteiger partial charge in [0.05, 0.1) is 0 Å². The van der Waals surface area contributed by atoms with Gasteiger partial charge in [0.15, 0.2) is 12.3 Å². The van der Waals surface area contributed by atoms with E-state index in [0.29, 0.717) is 10.3 Å². The predicted octanol–water partition coefficient (Wildman–Crippen LogP) is 2.24. The highest BCUT2D eigenvalue weighted by atomic mass is 16.6. The number of ether oxygens (including phenoxy) is 1. The number of esters is 1. The van der Waals surface area contributed by atoms with Crippen LogP contribution in [0.2, 0.25) is 0 Å². The third-order valence-corrected chi connectivity index (χ3v) is 4.07. The molecule has 118 valence electrons. The highest BCUT2D eigenvalue weighted by molar-refractivity contribution is 6.01. The first-order valence-electron chi connectivity index (χ1n) is 7.61. The summed E-state index contributed by atoms with van der Waals surface area (Å²) in [5.41, 5.74) is 2.87. The fourth-order valence-electron chi connectivity index (χ4n) is 2.82. The van der Waals surface area contributed by atoms with E-state index in [1.54, 1.807) is 12.1 Å². The number of fused-ring (bicyclic) bond motifs is 1. The molecule has 1 atom stereocenters. The summed E-state index contributed by atoms with van der Waals surface area (Å²) in [6, 6.07) is 10.1. The van der Waals surface area contributed by atoms with E-state index < -0.39 is 12.1 Å². The van der Waals surface area contributed by atoms with E-state index in [2.05, 4.69) is 0 Å². The smallest absolute Gasteiger partial charge is 0.405 e. The van der Waals surface area contributed by atoms with Gasteiger partial charge in [-0.05, 0) is 49.4 Å². The molecule has 1 aliphatic rings. The highest BCUT2D eigenvalue weighted by Crippen LogP contribution is 2.23. The molecule has 3 rings (SSSR count). The lowest BCUT2D eigenvalue weighted by Gasteiger charge is -2.12. The van der Waals surface area contributed by atoms with E-state index >= 15 is 0 Å². The maximum Gasteiger partial charge on any atom is 0.405 e. The van der Waals surface area contributed by atoms with Crippen molar-refractivity contribution < 1.29 is 19.1 Å². The third-order valence-electron chi connectivity index (χ3n) is 4.07. The Labute approximate surface area is 134 Å². The molecule has 0 N–H and O–H groups in total. The Morgan fingerprint density at radius 2 is 1.96 bits per heavy atom. The molecule has 1 aromatic heterocycles. The molecule has 0 bridgehead atoms. The van der Waals surface area contributed by atoms with Gasteiger partial charge in [-0.15, -0.1) is 0 Å². The maximum atomic E-state index is 12.4. The second-order valence-corrected chi connectivity index (χ2v) is 5.66. The highest BCUT2D eigenvalue weighted by Gasteiger charge is 2.25. The van der Waals surface area contributed by atoms with E-state index in [0.717, 1.165) is 19.3 Å². The second-order valence-electron chi connectivity index (χ2n) is 5.66. The van der Waals surface area contributed by atoms with Crippen LogP contribution in [0.15, 0.2) is 42.6 Å². The summed E-state index contributed by atoms with van der Waals surface area (Å²) in [6.45, 7) is 1.52. The first-order chi connectivity index (χ1) is 11.1. The lowest BCUT2D eigenvalue weighted by molar-refractivity contribution is -0.608. The SMILES string of the molecule is C[C@@H](OC(=O)c1cccc[n+]1[O-])C(=O)c1ccc2c(c1)CCC2. The molecule has 5 heteroatoms. The normalized spacial score (nSPS) is 14.1. The number of hydrogen-bond donors (Lipinski definition) is 0. The quantitative estimate of drug-likeness (QED) is 0.376. The fraction of sp³-hybridized carbons (Fsp3) is 0.278. The summed E-state index contributed by atoms with van der Waals surface area (Å²) < 4.78 is 5.57. The molecule has 1 aliphatic carbocycles. The molecule has 2 aromatic rings. The molecule has 23 heavy (non-hydrogen) atoms. The number of carbonyl (C=O) groups is 2. The summed E-state index contributed by atoms with van der Waals surface area (Å²) in [4.78, 5) is 24.4. The van der Waals surface area contributed by atoms with Gasteiger partial charge in [-0.3, -0.25) is 4.79 Å². The lowest BCUT2D eigenvalue weighted by atomic mass is 10.0. The largest absolute Gasteiger partial charge is 0.618 e. The van der Waals surface area contributed by atoms with Gasteiger partial charge in [-0.25, -0.2) is 4.79 Å². The minimum absolute atomic E-state index is 0.138. The van der Waals surface area contributed by atoms with Crippen LogP contribution in [0.5, 0.6) is 0 Å². The minimum atomic E-state index is -0.942. The van der Waals surface area contributed by atoms with Crippen molar-refractivity contribution in [3.05, 3.63) is 70.2 Å². The van der Waals surface area contributed by atoms with Gasteiger partial charge in [-0.1, -0.05) is 12.1 Å². The Morgan fingerprint density at radius 1 is 1.17 bits per heavy atom. The maximum absolute atomic E-state index is 12.4. The van der Waals surface area contributed by atoms with Crippen LogP contribution in [-0.2, 0) is 17.6 Å². The van der Waals surface area contributed by atoms with Crippen LogP contribution in [0.25, 0.3) is 0 Å². The number of rotatable bonds is 4. The number of aryl methyl sites for hydroxylation is 2. The molecule has 0 aliphatic heterocycles. The van der Waals surface area contributed by atoms with Crippen molar-refractivity contribution in [2.75, 3.05) is 0 Å². The van der Waals surface area contributed by atoms with E-state index in [1.807, 2.05) is 12.1 Å². The van der Waals surface area contributed by atoms with Crippen molar-refractivity contribution in [2.24, 2.45) is 0 Å². The van der Waals surface area contributed by atoms with Crippen molar-refractivity contribution >= 4 is 11.8 Å². The average molecular weight is 311 g/mol.